The minimum absolute atomic E-state index is 0.115. The van der Waals surface area contributed by atoms with Crippen molar-refractivity contribution in [3.05, 3.63) is 52.8 Å². The Bertz CT molecular complexity index is 1010. The highest BCUT2D eigenvalue weighted by molar-refractivity contribution is 7.89. The molecule has 1 atom stereocenters. The van der Waals surface area contributed by atoms with Gasteiger partial charge in [-0.3, -0.25) is 4.79 Å². The molecule has 0 aliphatic carbocycles. The van der Waals surface area contributed by atoms with Crippen molar-refractivity contribution in [2.24, 2.45) is 0 Å². The SMILES string of the molecule is CCOCCCN([C@H](C)C(=O)c1c(C)[nH]c(C(=O)OC)c1C)S(=O)(=O)c1ccccc1. The first-order valence-electron chi connectivity index (χ1n) is 10.1. The Morgan fingerprint density at radius 1 is 1.16 bits per heavy atom. The van der Waals surface area contributed by atoms with Crippen LogP contribution in [0.15, 0.2) is 35.2 Å². The van der Waals surface area contributed by atoms with Crippen LogP contribution in [-0.4, -0.2) is 62.4 Å². The van der Waals surface area contributed by atoms with E-state index in [9.17, 15) is 18.0 Å². The number of aromatic nitrogens is 1. The standard InChI is InChI=1S/C22H30N2O6S/c1-6-30-14-10-13-24(31(27,28)18-11-8-7-9-12-18)17(4)21(25)19-15(2)20(22(26)29-5)23-16(19)3/h7-9,11-12,17,23H,6,10,13-14H2,1-5H3/t17-/m1/s1. The molecule has 2 aromatic rings. The van der Waals surface area contributed by atoms with E-state index in [1.165, 1.54) is 23.5 Å². The second-order valence-electron chi connectivity index (χ2n) is 7.14. The van der Waals surface area contributed by atoms with Crippen LogP contribution in [0.4, 0.5) is 0 Å². The van der Waals surface area contributed by atoms with Gasteiger partial charge in [-0.2, -0.15) is 4.31 Å². The Balaban J connectivity index is 2.43. The van der Waals surface area contributed by atoms with Crippen molar-refractivity contribution >= 4 is 21.8 Å². The number of nitrogens with one attached hydrogen (secondary N) is 1. The number of ether oxygens (including phenoxy) is 2. The van der Waals surface area contributed by atoms with Gasteiger partial charge in [0.2, 0.25) is 10.0 Å². The molecule has 1 aromatic heterocycles. The van der Waals surface area contributed by atoms with Gasteiger partial charge in [-0.1, -0.05) is 18.2 Å². The molecule has 0 aliphatic heterocycles. The van der Waals surface area contributed by atoms with Gasteiger partial charge in [-0.05, 0) is 51.8 Å². The Morgan fingerprint density at radius 2 is 1.81 bits per heavy atom. The summed E-state index contributed by atoms with van der Waals surface area (Å²) >= 11 is 0. The normalized spacial score (nSPS) is 12.7. The van der Waals surface area contributed by atoms with Crippen molar-refractivity contribution in [2.45, 2.75) is 45.1 Å². The van der Waals surface area contributed by atoms with Gasteiger partial charge in [0.05, 0.1) is 18.0 Å². The molecule has 0 unspecified atom stereocenters. The largest absolute Gasteiger partial charge is 0.464 e. The predicted molar refractivity (Wildman–Crippen MR) is 117 cm³/mol. The monoisotopic (exact) mass is 450 g/mol. The number of carbonyl (C=O) groups excluding carboxylic acids is 2. The number of sulfonamides is 1. The van der Waals surface area contributed by atoms with Crippen LogP contribution in [-0.2, 0) is 19.5 Å². The Labute approximate surface area is 183 Å². The zero-order valence-electron chi connectivity index (χ0n) is 18.6. The molecule has 31 heavy (non-hydrogen) atoms. The maximum absolute atomic E-state index is 13.4. The van der Waals surface area contributed by atoms with E-state index in [1.54, 1.807) is 39.0 Å². The van der Waals surface area contributed by atoms with E-state index in [0.717, 1.165) is 0 Å². The number of aryl methyl sites for hydroxylation is 1. The molecule has 9 heteroatoms. The predicted octanol–water partition coefficient (Wildman–Crippen LogP) is 3.11. The summed E-state index contributed by atoms with van der Waals surface area (Å²) in [6.07, 6.45) is 0.441. The average molecular weight is 451 g/mol. The van der Waals surface area contributed by atoms with Crippen molar-refractivity contribution in [3.63, 3.8) is 0 Å². The van der Waals surface area contributed by atoms with Gasteiger partial charge < -0.3 is 14.5 Å². The zero-order chi connectivity index (χ0) is 23.2. The summed E-state index contributed by atoms with van der Waals surface area (Å²) in [6.45, 7) is 7.76. The second kappa shape index (κ2) is 10.7. The van der Waals surface area contributed by atoms with Gasteiger partial charge in [0.15, 0.2) is 5.78 Å². The van der Waals surface area contributed by atoms with Crippen molar-refractivity contribution in [2.75, 3.05) is 26.9 Å². The molecule has 1 N–H and O–H groups in total. The smallest absolute Gasteiger partial charge is 0.354 e. The number of nitrogens with zero attached hydrogens (tertiary/aromatic N) is 1. The van der Waals surface area contributed by atoms with Crippen LogP contribution in [0.3, 0.4) is 0 Å². The highest BCUT2D eigenvalue weighted by Gasteiger charge is 2.35. The minimum Gasteiger partial charge on any atom is -0.464 e. The first-order valence-corrected chi connectivity index (χ1v) is 11.6. The van der Waals surface area contributed by atoms with Crippen molar-refractivity contribution in [3.8, 4) is 0 Å². The number of carbonyl (C=O) groups is 2. The molecule has 0 radical (unpaired) electrons. The van der Waals surface area contributed by atoms with Gasteiger partial charge in [0.25, 0.3) is 0 Å². The molecular formula is C22H30N2O6S. The first-order chi connectivity index (χ1) is 14.7. The van der Waals surface area contributed by atoms with Crippen LogP contribution in [0.25, 0.3) is 0 Å². The lowest BCUT2D eigenvalue weighted by atomic mass is 10.0. The molecule has 0 bridgehead atoms. The number of methoxy groups -OCH3 is 1. The maximum atomic E-state index is 13.4. The highest BCUT2D eigenvalue weighted by Crippen LogP contribution is 2.25. The third kappa shape index (κ3) is 5.41. The fourth-order valence-corrected chi connectivity index (χ4v) is 5.14. The third-order valence-electron chi connectivity index (χ3n) is 5.11. The molecule has 0 saturated carbocycles. The lowest BCUT2D eigenvalue weighted by Gasteiger charge is -2.28. The second-order valence-corrected chi connectivity index (χ2v) is 9.03. The Morgan fingerprint density at radius 3 is 2.39 bits per heavy atom. The van der Waals surface area contributed by atoms with E-state index in [1.807, 2.05) is 6.92 Å². The van der Waals surface area contributed by atoms with Crippen LogP contribution < -0.4 is 0 Å². The number of hydrogen-bond acceptors (Lipinski definition) is 6. The summed E-state index contributed by atoms with van der Waals surface area (Å²) in [5, 5.41) is 0. The summed E-state index contributed by atoms with van der Waals surface area (Å²) in [6, 6.07) is 7.04. The third-order valence-corrected chi connectivity index (χ3v) is 7.09. The molecule has 2 rings (SSSR count). The van der Waals surface area contributed by atoms with Crippen molar-refractivity contribution < 1.29 is 27.5 Å². The summed E-state index contributed by atoms with van der Waals surface area (Å²) in [5.41, 5.74) is 1.41. The number of aromatic amines is 1. The van der Waals surface area contributed by atoms with Crippen molar-refractivity contribution in [1.29, 1.82) is 0 Å². The molecule has 8 nitrogen and oxygen atoms in total. The molecular weight excluding hydrogens is 420 g/mol. The molecule has 1 heterocycles. The molecule has 170 valence electrons. The number of ketones is 1. The number of rotatable bonds is 11. The molecule has 0 spiro atoms. The minimum atomic E-state index is -3.93. The van der Waals surface area contributed by atoms with Gasteiger partial charge in [0, 0.05) is 31.0 Å². The highest BCUT2D eigenvalue weighted by atomic mass is 32.2. The van der Waals surface area contributed by atoms with Gasteiger partial charge in [-0.25, -0.2) is 13.2 Å². The number of benzene rings is 1. The molecule has 0 aliphatic rings. The Kier molecular flexibility index (Phi) is 8.55. The maximum Gasteiger partial charge on any atom is 0.354 e. The fourth-order valence-electron chi connectivity index (χ4n) is 3.48. The van der Waals surface area contributed by atoms with Crippen LogP contribution in [0.2, 0.25) is 0 Å². The summed E-state index contributed by atoms with van der Waals surface area (Å²) < 4.78 is 38.0. The zero-order valence-corrected chi connectivity index (χ0v) is 19.4. The number of hydrogen-bond donors (Lipinski definition) is 1. The molecule has 0 amide bonds. The van der Waals surface area contributed by atoms with E-state index in [4.69, 9.17) is 9.47 Å². The van der Waals surface area contributed by atoms with E-state index in [-0.39, 0.29) is 17.1 Å². The number of esters is 1. The number of Topliss-reactive ketones (excluding diaryl/α,β-unsaturated/α-hetero) is 1. The Hall–Kier alpha value is -2.49. The first kappa shape index (κ1) is 24.8. The van der Waals surface area contributed by atoms with Gasteiger partial charge >= 0.3 is 5.97 Å². The van der Waals surface area contributed by atoms with Crippen molar-refractivity contribution in [1.82, 2.24) is 9.29 Å². The van der Waals surface area contributed by atoms with Gasteiger partial charge in [-0.15, -0.1) is 0 Å². The van der Waals surface area contributed by atoms with E-state index in [2.05, 4.69) is 4.98 Å². The van der Waals surface area contributed by atoms with Crippen LogP contribution in [0.1, 0.15) is 52.4 Å². The lowest BCUT2D eigenvalue weighted by molar-refractivity contribution is 0.0593. The topological polar surface area (TPSA) is 106 Å². The summed E-state index contributed by atoms with van der Waals surface area (Å²) in [5.74, 6) is -0.977. The van der Waals surface area contributed by atoms with E-state index < -0.39 is 27.8 Å². The molecule has 1 aromatic carbocycles. The molecule has 0 fully saturated rings. The quantitative estimate of drug-likeness (QED) is 0.320. The fraction of sp³-hybridized carbons (Fsp3) is 0.455. The summed E-state index contributed by atoms with van der Waals surface area (Å²) in [4.78, 5) is 28.4. The average Bonchev–Trinajstić information content (AvgIpc) is 3.06. The number of H-pyrrole nitrogens is 1. The lowest BCUT2D eigenvalue weighted by Crippen LogP contribution is -2.44. The van der Waals surface area contributed by atoms with E-state index >= 15 is 0 Å². The van der Waals surface area contributed by atoms with Crippen LogP contribution in [0.5, 0.6) is 0 Å². The van der Waals surface area contributed by atoms with Crippen LogP contribution >= 0.6 is 0 Å². The van der Waals surface area contributed by atoms with Gasteiger partial charge in [0.1, 0.15) is 5.69 Å². The van der Waals surface area contributed by atoms with Crippen LogP contribution in [0, 0.1) is 13.8 Å². The van der Waals surface area contributed by atoms with E-state index in [0.29, 0.717) is 36.5 Å². The molecule has 0 saturated heterocycles. The summed E-state index contributed by atoms with van der Waals surface area (Å²) in [7, 11) is -2.67.